The minimum atomic E-state index is -4.98. The number of quaternary nitrogens is 1. The second-order valence-electron chi connectivity index (χ2n) is 27.4. The van der Waals surface area contributed by atoms with Gasteiger partial charge in [-0.05, 0) is 12.8 Å². The minimum Gasteiger partial charge on any atom is -0.391 e. The number of aliphatic hydroxyl groups excluding tert-OH is 3. The highest BCUT2D eigenvalue weighted by molar-refractivity contribution is 7.87. The van der Waals surface area contributed by atoms with E-state index >= 15 is 0 Å². The summed E-state index contributed by atoms with van der Waals surface area (Å²) in [6.45, 7) is 4.11. The normalized spacial score (nSPS) is 20.0. The summed E-state index contributed by atoms with van der Waals surface area (Å²) in [5.74, 6) is -6.08. The van der Waals surface area contributed by atoms with Crippen LogP contribution in [0.5, 0.6) is 0 Å². The molecule has 3 aliphatic rings. The Morgan fingerprint density at radius 3 is 0.737 bits per heavy atom. The molecule has 6 atom stereocenters. The van der Waals surface area contributed by atoms with E-state index in [9.17, 15) is 93.1 Å². The molecule has 38 heteroatoms. The molecular formula is C57H120N7O24S6Si+. The van der Waals surface area contributed by atoms with Crippen LogP contribution in [0.1, 0.15) is 142 Å². The lowest BCUT2D eigenvalue weighted by Gasteiger charge is -2.43. The number of β-amino-alcohol motifs (C(OH)–C–C–N with tert-alkyl or cyclic N) is 3. The average molecular weight is 1510 g/mol. The van der Waals surface area contributed by atoms with E-state index in [0.717, 1.165) is 32.1 Å². The quantitative estimate of drug-likeness (QED) is 0.0181. The van der Waals surface area contributed by atoms with E-state index in [2.05, 4.69) is 6.92 Å². The van der Waals surface area contributed by atoms with Crippen LogP contribution in [-0.4, -0.2) is 352 Å². The summed E-state index contributed by atoms with van der Waals surface area (Å²) >= 11 is 0. The Labute approximate surface area is 570 Å². The van der Waals surface area contributed by atoms with Crippen molar-refractivity contribution < 1.29 is 111 Å². The summed E-state index contributed by atoms with van der Waals surface area (Å²) in [5.41, 5.74) is 0. The van der Waals surface area contributed by atoms with Gasteiger partial charge in [-0.1, -0.05) is 122 Å². The first kappa shape index (κ1) is 88.4. The summed E-state index contributed by atoms with van der Waals surface area (Å²) in [6, 6.07) is -0.252. The van der Waals surface area contributed by atoms with Crippen LogP contribution in [-0.2, 0) is 74.0 Å². The molecule has 0 radical (unpaired) electrons. The van der Waals surface area contributed by atoms with Gasteiger partial charge >= 0.3 is 8.80 Å². The molecule has 0 aliphatic carbocycles. The number of hydrogen-bond acceptors (Lipinski definition) is 24. The van der Waals surface area contributed by atoms with Crippen LogP contribution >= 0.6 is 0 Å². The first-order valence-electron chi connectivity index (χ1n) is 34.1. The van der Waals surface area contributed by atoms with Gasteiger partial charge in [0.1, 0.15) is 34.5 Å². The fourth-order valence-corrected chi connectivity index (χ4v) is 20.0. The van der Waals surface area contributed by atoms with Gasteiger partial charge in [0.2, 0.25) is 0 Å². The molecule has 0 aromatic rings. The zero-order chi connectivity index (χ0) is 71.0. The van der Waals surface area contributed by atoms with Crippen molar-refractivity contribution in [1.82, 2.24) is 29.4 Å². The Morgan fingerprint density at radius 1 is 0.316 bits per heavy atom. The van der Waals surface area contributed by atoms with Gasteiger partial charge in [-0.25, -0.2) is 0 Å². The number of rotatable bonds is 55. The first-order valence-corrected chi connectivity index (χ1v) is 45.7. The van der Waals surface area contributed by atoms with Crippen LogP contribution in [0.15, 0.2) is 0 Å². The summed E-state index contributed by atoms with van der Waals surface area (Å²) in [7, 11) is -29.4. The van der Waals surface area contributed by atoms with Gasteiger partial charge in [0, 0.05) is 130 Å². The van der Waals surface area contributed by atoms with E-state index in [1.165, 1.54) is 96.3 Å². The third kappa shape index (κ3) is 46.4. The molecule has 3 saturated heterocycles. The Balaban J connectivity index is 1.96. The van der Waals surface area contributed by atoms with Crippen LogP contribution < -0.4 is 0 Å². The molecular weight excluding hydrogens is 1390 g/mol. The van der Waals surface area contributed by atoms with Crippen molar-refractivity contribution in [2.75, 3.05) is 180 Å². The lowest BCUT2D eigenvalue weighted by atomic mass is 10.0. The Hall–Kier alpha value is -0.843. The Morgan fingerprint density at radius 2 is 0.516 bits per heavy atom. The highest BCUT2D eigenvalue weighted by Crippen LogP contribution is 2.29. The second-order valence-corrected chi connectivity index (χ2v) is 38.9. The van der Waals surface area contributed by atoms with Gasteiger partial charge in [0.25, 0.3) is 60.7 Å². The maximum absolute atomic E-state index is 13.1. The topological polar surface area (TPSA) is 434 Å². The van der Waals surface area contributed by atoms with Crippen molar-refractivity contribution >= 4 is 69.5 Å². The van der Waals surface area contributed by atoms with E-state index in [4.69, 9.17) is 13.3 Å². The highest BCUT2D eigenvalue weighted by atomic mass is 32.2. The first-order chi connectivity index (χ1) is 44.2. The molecule has 566 valence electrons. The summed E-state index contributed by atoms with van der Waals surface area (Å²) in [6.07, 6.45) is 15.8. The van der Waals surface area contributed by atoms with Crippen LogP contribution in [0, 0.1) is 0 Å². The maximum Gasteiger partial charge on any atom is 0.502 e. The van der Waals surface area contributed by atoms with E-state index in [1.807, 2.05) is 14.1 Å². The van der Waals surface area contributed by atoms with E-state index in [1.54, 1.807) is 29.4 Å². The fraction of sp³-hybridized carbons (Fsp3) is 1.00. The minimum absolute atomic E-state index is 0.148. The molecule has 31 nitrogen and oxygen atoms in total. The molecule has 3 rings (SSSR count). The van der Waals surface area contributed by atoms with Gasteiger partial charge < -0.3 is 33.1 Å². The number of piperazine rings is 3. The van der Waals surface area contributed by atoms with E-state index in [0.29, 0.717) is 17.6 Å². The SMILES string of the molecule is CCCCCCCCCCCCCCCCCCCCCC[N+](C)(C)CCC[Si](OC(CN1CCN(CC(O)CS(=O)(=O)O)CC1)CS(=O)(=O)O)(OC(CN1CCN(CC(O)CS(=O)(=O)O)CC1)CS(=O)(=O)O)OC(CN1CCN(CC(O)CS(=O)(=O)O)CC1)CS(=O)(=O)O. The zero-order valence-electron chi connectivity index (χ0n) is 56.6. The van der Waals surface area contributed by atoms with E-state index < -0.39 is 141 Å². The van der Waals surface area contributed by atoms with Crippen molar-refractivity contribution in [3.63, 3.8) is 0 Å². The molecule has 95 heavy (non-hydrogen) atoms. The monoisotopic (exact) mass is 1510 g/mol. The summed E-state index contributed by atoms with van der Waals surface area (Å²) in [5, 5.41) is 31.2. The van der Waals surface area contributed by atoms with Gasteiger partial charge in [-0.3, -0.25) is 56.7 Å². The summed E-state index contributed by atoms with van der Waals surface area (Å²) in [4.78, 5) is 10.4. The molecule has 9 N–H and O–H groups in total. The van der Waals surface area contributed by atoms with Crippen molar-refractivity contribution in [2.45, 2.75) is 184 Å². The van der Waals surface area contributed by atoms with Gasteiger partial charge in [-0.2, -0.15) is 50.5 Å². The average Bonchev–Trinajstić information content (AvgIpc) is 0.806. The number of aliphatic hydroxyl groups is 3. The second kappa shape index (κ2) is 44.0. The molecule has 0 bridgehead atoms. The fourth-order valence-electron chi connectivity index (χ4n) is 12.8. The van der Waals surface area contributed by atoms with Gasteiger partial charge in [0.15, 0.2) is 0 Å². The van der Waals surface area contributed by atoms with Crippen LogP contribution in [0.4, 0.5) is 0 Å². The van der Waals surface area contributed by atoms with Gasteiger partial charge in [-0.15, -0.1) is 0 Å². The molecule has 3 fully saturated rings. The van der Waals surface area contributed by atoms with E-state index in [-0.39, 0.29) is 130 Å². The molecule has 3 heterocycles. The number of nitrogens with zero attached hydrogens (tertiary/aromatic N) is 7. The summed E-state index contributed by atoms with van der Waals surface area (Å²) < 4.78 is 229. The van der Waals surface area contributed by atoms with Crippen LogP contribution in [0.3, 0.4) is 0 Å². The smallest absolute Gasteiger partial charge is 0.391 e. The Kier molecular flexibility index (Phi) is 40.9. The lowest BCUT2D eigenvalue weighted by Crippen LogP contribution is -2.60. The maximum atomic E-state index is 13.1. The third-order valence-electron chi connectivity index (χ3n) is 17.5. The number of unbranched alkanes of at least 4 members (excludes halogenated alkanes) is 19. The largest absolute Gasteiger partial charge is 0.502 e. The third-order valence-corrected chi connectivity index (χ3v) is 25.3. The molecule has 0 aromatic heterocycles. The molecule has 0 aromatic carbocycles. The lowest BCUT2D eigenvalue weighted by molar-refractivity contribution is -0.890. The molecule has 0 amide bonds. The van der Waals surface area contributed by atoms with Crippen molar-refractivity contribution in [3.05, 3.63) is 0 Å². The van der Waals surface area contributed by atoms with Crippen LogP contribution in [0.25, 0.3) is 0 Å². The van der Waals surface area contributed by atoms with Crippen molar-refractivity contribution in [2.24, 2.45) is 0 Å². The van der Waals surface area contributed by atoms with Gasteiger partial charge in [0.05, 0.1) is 63.8 Å². The molecule has 0 saturated carbocycles. The highest BCUT2D eigenvalue weighted by Gasteiger charge is 2.50. The van der Waals surface area contributed by atoms with Crippen LogP contribution in [0.2, 0.25) is 6.04 Å². The molecule has 6 unspecified atom stereocenters. The Bertz CT molecular complexity index is 2570. The molecule has 3 aliphatic heterocycles. The molecule has 0 spiro atoms. The predicted octanol–water partition coefficient (Wildman–Crippen LogP) is 1.63. The van der Waals surface area contributed by atoms with Crippen molar-refractivity contribution in [1.29, 1.82) is 0 Å². The van der Waals surface area contributed by atoms with Crippen molar-refractivity contribution in [3.8, 4) is 0 Å². The predicted molar refractivity (Wildman–Crippen MR) is 365 cm³/mol. The zero-order valence-corrected chi connectivity index (χ0v) is 62.5. The standard InChI is InChI=1S/C57H119N7O24S6Si/c1-4-5-6-7-8-9-10-11-12-13-14-15-16-17-18-19-20-21-22-23-37-64(2,3)38-24-39-95(86-55(49-92(77,78)79)43-61-31-25-58(26-32-61)40-52(65)46-89(68,69)70,87-56(50-93(80,81)82)44-62-33-27-59(28-34-62)41-53(66)47-90(71,72)73)88-57(51-94(83,84)85)45-63-35-29-60(30-36-63)42-54(67)48-91(74,75)76/h52-57,65-67H,4-51H2,1-3H3,(H5-,68,69,70,71,72,73,74,75,76,77,78,79,80,81,82,83,84,85)/p+1. The number of hydrogen-bond donors (Lipinski definition) is 9.